The summed E-state index contributed by atoms with van der Waals surface area (Å²) in [5, 5.41) is 5.82. The fourth-order valence-corrected chi connectivity index (χ4v) is 2.75. The number of benzene rings is 2. The van der Waals surface area contributed by atoms with Crippen molar-refractivity contribution in [3.8, 4) is 11.3 Å². The van der Waals surface area contributed by atoms with Crippen molar-refractivity contribution in [1.29, 1.82) is 0 Å². The number of nitrogens with zero attached hydrogens (tertiary/aromatic N) is 3. The molecular weight excluding hydrogens is 258 g/mol. The molecule has 2 aromatic heterocycles. The van der Waals surface area contributed by atoms with Gasteiger partial charge in [0.15, 0.2) is 5.65 Å². The Bertz CT molecular complexity index is 952. The molecule has 0 saturated carbocycles. The molecule has 0 saturated heterocycles. The van der Waals surface area contributed by atoms with Crippen molar-refractivity contribution in [2.75, 3.05) is 0 Å². The Morgan fingerprint density at radius 3 is 2.38 bits per heavy atom. The van der Waals surface area contributed by atoms with Crippen LogP contribution < -0.4 is 0 Å². The minimum absolute atomic E-state index is 0.935. The van der Waals surface area contributed by atoms with Crippen LogP contribution in [0.5, 0.6) is 0 Å². The molecule has 0 bridgehead atoms. The molecule has 2 aromatic carbocycles. The molecule has 0 aliphatic heterocycles. The SMILES string of the molecule is Cc1nn2c(-c3ccccc3)c3ccccc3nc2c1C. The van der Waals surface area contributed by atoms with Gasteiger partial charge in [-0.05, 0) is 19.9 Å². The standard InChI is InChI=1S/C18H15N3/c1-12-13(2)20-21-17(14-8-4-3-5-9-14)15-10-6-7-11-16(15)19-18(12)21/h3-11H,1-2H3. The summed E-state index contributed by atoms with van der Waals surface area (Å²) in [4.78, 5) is 4.78. The van der Waals surface area contributed by atoms with Crippen molar-refractivity contribution < 1.29 is 0 Å². The highest BCUT2D eigenvalue weighted by Gasteiger charge is 2.15. The molecule has 0 spiro atoms. The van der Waals surface area contributed by atoms with E-state index in [2.05, 4.69) is 43.3 Å². The van der Waals surface area contributed by atoms with Gasteiger partial charge in [0.05, 0.1) is 16.9 Å². The monoisotopic (exact) mass is 273 g/mol. The summed E-state index contributed by atoms with van der Waals surface area (Å²) < 4.78 is 1.97. The van der Waals surface area contributed by atoms with Crippen LogP contribution in [0, 0.1) is 13.8 Å². The van der Waals surface area contributed by atoms with Gasteiger partial charge >= 0.3 is 0 Å². The number of aromatic nitrogens is 3. The molecule has 21 heavy (non-hydrogen) atoms. The summed E-state index contributed by atoms with van der Waals surface area (Å²) in [6.07, 6.45) is 0. The van der Waals surface area contributed by atoms with Crippen molar-refractivity contribution in [3.05, 3.63) is 65.9 Å². The van der Waals surface area contributed by atoms with Crippen molar-refractivity contribution in [3.63, 3.8) is 0 Å². The van der Waals surface area contributed by atoms with Crippen LogP contribution in [-0.4, -0.2) is 14.6 Å². The molecule has 0 radical (unpaired) electrons. The van der Waals surface area contributed by atoms with E-state index in [1.165, 1.54) is 0 Å². The number of fused-ring (bicyclic) bond motifs is 2. The molecule has 0 fully saturated rings. The zero-order chi connectivity index (χ0) is 14.4. The van der Waals surface area contributed by atoms with Crippen LogP contribution in [-0.2, 0) is 0 Å². The van der Waals surface area contributed by atoms with Crippen LogP contribution in [0.15, 0.2) is 54.6 Å². The van der Waals surface area contributed by atoms with Crippen LogP contribution in [0.4, 0.5) is 0 Å². The largest absolute Gasteiger partial charge is 0.228 e. The minimum Gasteiger partial charge on any atom is -0.228 e. The van der Waals surface area contributed by atoms with E-state index in [-0.39, 0.29) is 0 Å². The van der Waals surface area contributed by atoms with Crippen LogP contribution >= 0.6 is 0 Å². The quantitative estimate of drug-likeness (QED) is 0.521. The van der Waals surface area contributed by atoms with Crippen LogP contribution in [0.3, 0.4) is 0 Å². The summed E-state index contributed by atoms with van der Waals surface area (Å²) in [5.74, 6) is 0. The maximum atomic E-state index is 4.78. The second kappa shape index (κ2) is 4.42. The predicted molar refractivity (Wildman–Crippen MR) is 85.4 cm³/mol. The molecule has 0 amide bonds. The Kier molecular flexibility index (Phi) is 2.54. The number of rotatable bonds is 1. The average Bonchev–Trinajstić information content (AvgIpc) is 2.81. The first kappa shape index (κ1) is 12.1. The Hall–Kier alpha value is -2.68. The summed E-state index contributed by atoms with van der Waals surface area (Å²) in [6, 6.07) is 18.6. The van der Waals surface area contributed by atoms with E-state index < -0.39 is 0 Å². The van der Waals surface area contributed by atoms with Gasteiger partial charge in [0.25, 0.3) is 0 Å². The van der Waals surface area contributed by atoms with Crippen LogP contribution in [0.2, 0.25) is 0 Å². The van der Waals surface area contributed by atoms with E-state index in [4.69, 9.17) is 10.1 Å². The highest BCUT2D eigenvalue weighted by atomic mass is 15.3. The molecule has 0 N–H and O–H groups in total. The van der Waals surface area contributed by atoms with Gasteiger partial charge in [0.2, 0.25) is 0 Å². The molecule has 0 atom stereocenters. The van der Waals surface area contributed by atoms with Crippen molar-refractivity contribution in [2.24, 2.45) is 0 Å². The summed E-state index contributed by atoms with van der Waals surface area (Å²) in [7, 11) is 0. The third-order valence-corrected chi connectivity index (χ3v) is 3.97. The lowest BCUT2D eigenvalue weighted by molar-refractivity contribution is 0.935. The first-order chi connectivity index (χ1) is 10.3. The van der Waals surface area contributed by atoms with Crippen molar-refractivity contribution >= 4 is 16.6 Å². The van der Waals surface area contributed by atoms with Gasteiger partial charge < -0.3 is 0 Å². The van der Waals surface area contributed by atoms with Gasteiger partial charge in [-0.3, -0.25) is 0 Å². The van der Waals surface area contributed by atoms with Crippen LogP contribution in [0.25, 0.3) is 27.8 Å². The maximum absolute atomic E-state index is 4.78. The molecule has 4 rings (SSSR count). The zero-order valence-electron chi connectivity index (χ0n) is 12.0. The molecule has 102 valence electrons. The molecule has 4 aromatic rings. The normalized spacial score (nSPS) is 11.3. The molecule has 3 heteroatoms. The van der Waals surface area contributed by atoms with E-state index in [1.807, 2.05) is 29.6 Å². The van der Waals surface area contributed by atoms with Gasteiger partial charge in [-0.2, -0.15) is 5.10 Å². The lowest BCUT2D eigenvalue weighted by Crippen LogP contribution is -1.98. The molecule has 0 aliphatic carbocycles. The number of aryl methyl sites for hydroxylation is 2. The van der Waals surface area contributed by atoms with E-state index >= 15 is 0 Å². The van der Waals surface area contributed by atoms with Gasteiger partial charge in [-0.25, -0.2) is 9.50 Å². The smallest absolute Gasteiger partial charge is 0.159 e. The van der Waals surface area contributed by atoms with Crippen LogP contribution in [0.1, 0.15) is 11.3 Å². The Balaban J connectivity index is 2.25. The van der Waals surface area contributed by atoms with Gasteiger partial charge in [-0.15, -0.1) is 0 Å². The maximum Gasteiger partial charge on any atom is 0.159 e. The third kappa shape index (κ3) is 1.74. The van der Waals surface area contributed by atoms with Gasteiger partial charge in [0.1, 0.15) is 0 Å². The highest BCUT2D eigenvalue weighted by molar-refractivity contribution is 5.94. The first-order valence-electron chi connectivity index (χ1n) is 7.06. The van der Waals surface area contributed by atoms with E-state index in [0.717, 1.165) is 39.1 Å². The minimum atomic E-state index is 0.935. The molecular formula is C18H15N3. The van der Waals surface area contributed by atoms with Crippen molar-refractivity contribution in [2.45, 2.75) is 13.8 Å². The summed E-state index contributed by atoms with van der Waals surface area (Å²) in [5.41, 5.74) is 6.36. The van der Waals surface area contributed by atoms with Gasteiger partial charge in [-0.1, -0.05) is 48.5 Å². The molecule has 0 aliphatic rings. The van der Waals surface area contributed by atoms with E-state index in [9.17, 15) is 0 Å². The molecule has 2 heterocycles. The topological polar surface area (TPSA) is 30.2 Å². The summed E-state index contributed by atoms with van der Waals surface area (Å²) in [6.45, 7) is 4.11. The molecule has 3 nitrogen and oxygen atoms in total. The summed E-state index contributed by atoms with van der Waals surface area (Å²) >= 11 is 0. The Labute approximate surface area is 122 Å². The molecule has 0 unspecified atom stereocenters. The van der Waals surface area contributed by atoms with E-state index in [0.29, 0.717) is 0 Å². The average molecular weight is 273 g/mol. The fraction of sp³-hybridized carbons (Fsp3) is 0.111. The second-order valence-electron chi connectivity index (χ2n) is 5.29. The fourth-order valence-electron chi connectivity index (χ4n) is 2.75. The number of hydrogen-bond acceptors (Lipinski definition) is 2. The predicted octanol–water partition coefficient (Wildman–Crippen LogP) is 4.17. The Morgan fingerprint density at radius 2 is 1.57 bits per heavy atom. The van der Waals surface area contributed by atoms with E-state index in [1.54, 1.807) is 0 Å². The highest BCUT2D eigenvalue weighted by Crippen LogP contribution is 2.29. The second-order valence-corrected chi connectivity index (χ2v) is 5.29. The van der Waals surface area contributed by atoms with Gasteiger partial charge in [0, 0.05) is 16.5 Å². The zero-order valence-corrected chi connectivity index (χ0v) is 12.0. The Morgan fingerprint density at radius 1 is 0.857 bits per heavy atom. The first-order valence-corrected chi connectivity index (χ1v) is 7.06. The van der Waals surface area contributed by atoms with Crippen molar-refractivity contribution in [1.82, 2.24) is 14.6 Å². The lowest BCUT2D eigenvalue weighted by atomic mass is 10.1. The number of para-hydroxylation sites is 1. The lowest BCUT2D eigenvalue weighted by Gasteiger charge is -2.09. The number of hydrogen-bond donors (Lipinski definition) is 0. The third-order valence-electron chi connectivity index (χ3n) is 3.97.